The van der Waals surface area contributed by atoms with Crippen molar-refractivity contribution < 1.29 is 19.1 Å². The number of nitrogens with zero attached hydrogens (tertiary/aromatic N) is 1. The molecule has 2 aromatic rings. The minimum Gasteiger partial charge on any atom is -0.493 e. The molecule has 0 saturated heterocycles. The maximum absolute atomic E-state index is 11.9. The Morgan fingerprint density at radius 3 is 2.74 bits per heavy atom. The Bertz CT molecular complexity index is 903. The summed E-state index contributed by atoms with van der Waals surface area (Å²) in [4.78, 5) is 23.6. The number of anilines is 1. The van der Waals surface area contributed by atoms with Crippen LogP contribution in [0.15, 0.2) is 48.5 Å². The summed E-state index contributed by atoms with van der Waals surface area (Å²) in [7, 11) is 0. The Hall–Kier alpha value is -3.30. The van der Waals surface area contributed by atoms with Gasteiger partial charge < -0.3 is 14.8 Å². The average Bonchev–Trinajstić information content (AvgIpc) is 2.66. The molecular formula is C20H17ClN2O4. The molecule has 0 aliphatic rings. The van der Waals surface area contributed by atoms with Crippen molar-refractivity contribution in [3.63, 3.8) is 0 Å². The molecule has 0 bridgehead atoms. The van der Waals surface area contributed by atoms with Crippen LogP contribution in [0.2, 0.25) is 5.02 Å². The van der Waals surface area contributed by atoms with Gasteiger partial charge in [0.2, 0.25) is 0 Å². The zero-order chi connectivity index (χ0) is 19.6. The number of carbonyl (C=O) groups is 2. The van der Waals surface area contributed by atoms with Crippen molar-refractivity contribution in [2.45, 2.75) is 6.92 Å². The normalized spacial score (nSPS) is 10.3. The first-order valence-electron chi connectivity index (χ1n) is 8.09. The lowest BCUT2D eigenvalue weighted by molar-refractivity contribution is -0.142. The molecule has 27 heavy (non-hydrogen) atoms. The van der Waals surface area contributed by atoms with Crippen LogP contribution in [0, 0.1) is 11.3 Å². The fraction of sp³-hybridized carbons (Fsp3) is 0.150. The molecule has 0 aliphatic carbocycles. The number of halogens is 1. The summed E-state index contributed by atoms with van der Waals surface area (Å²) in [6, 6.07) is 13.7. The van der Waals surface area contributed by atoms with E-state index in [9.17, 15) is 9.59 Å². The Morgan fingerprint density at radius 2 is 2.04 bits per heavy atom. The van der Waals surface area contributed by atoms with Gasteiger partial charge in [-0.25, -0.2) is 4.79 Å². The van der Waals surface area contributed by atoms with E-state index in [2.05, 4.69) is 5.32 Å². The topological polar surface area (TPSA) is 88.4 Å². The molecule has 0 fully saturated rings. The molecule has 2 aromatic carbocycles. The van der Waals surface area contributed by atoms with Crippen LogP contribution in [0.3, 0.4) is 0 Å². The third kappa shape index (κ3) is 6.17. The maximum atomic E-state index is 11.9. The zero-order valence-electron chi connectivity index (χ0n) is 14.6. The third-order valence-electron chi connectivity index (χ3n) is 3.34. The van der Waals surface area contributed by atoms with Crippen molar-refractivity contribution in [1.29, 1.82) is 5.26 Å². The average molecular weight is 385 g/mol. The lowest BCUT2D eigenvalue weighted by Crippen LogP contribution is -2.20. The first-order chi connectivity index (χ1) is 13.0. The molecule has 2 rings (SSSR count). The van der Waals surface area contributed by atoms with Gasteiger partial charge in [-0.15, -0.1) is 0 Å². The number of benzene rings is 2. The Labute approximate surface area is 162 Å². The summed E-state index contributed by atoms with van der Waals surface area (Å²) in [5, 5.41) is 11.6. The van der Waals surface area contributed by atoms with Crippen LogP contribution < -0.4 is 10.1 Å². The van der Waals surface area contributed by atoms with Gasteiger partial charge in [0.25, 0.3) is 5.91 Å². The van der Waals surface area contributed by atoms with Gasteiger partial charge in [0.05, 0.1) is 17.2 Å². The molecule has 0 radical (unpaired) electrons. The summed E-state index contributed by atoms with van der Waals surface area (Å²) < 4.78 is 10.4. The number of hydrogen-bond donors (Lipinski definition) is 1. The predicted octanol–water partition coefficient (Wildman–Crippen LogP) is 3.81. The smallest absolute Gasteiger partial charge is 0.331 e. The molecular weight excluding hydrogens is 368 g/mol. The van der Waals surface area contributed by atoms with E-state index in [4.69, 9.17) is 26.3 Å². The van der Waals surface area contributed by atoms with Crippen molar-refractivity contribution in [2.24, 2.45) is 0 Å². The number of hydrogen-bond acceptors (Lipinski definition) is 5. The molecule has 7 heteroatoms. The standard InChI is InChI=1S/C20H17ClN2O4/c1-2-26-18-6-4-3-5-14(18)8-10-20(25)27-13-19(24)23-16-9-7-15(12-22)17(21)11-16/h3-11H,2,13H2,1H3,(H,23,24)/b10-8+. The first kappa shape index (κ1) is 20.0. The van der Waals surface area contributed by atoms with Gasteiger partial charge in [0.1, 0.15) is 11.8 Å². The number of esters is 1. The van der Waals surface area contributed by atoms with Crippen molar-refractivity contribution in [2.75, 3.05) is 18.5 Å². The fourth-order valence-electron chi connectivity index (χ4n) is 2.13. The number of nitrogens with one attached hydrogen (secondary N) is 1. The summed E-state index contributed by atoms with van der Waals surface area (Å²) in [5.41, 5.74) is 1.44. The summed E-state index contributed by atoms with van der Waals surface area (Å²) >= 11 is 5.90. The van der Waals surface area contributed by atoms with E-state index in [-0.39, 0.29) is 5.02 Å². The highest BCUT2D eigenvalue weighted by Crippen LogP contribution is 2.20. The lowest BCUT2D eigenvalue weighted by Gasteiger charge is -2.07. The minimum atomic E-state index is -0.658. The van der Waals surface area contributed by atoms with Crippen LogP contribution in [0.5, 0.6) is 5.75 Å². The van der Waals surface area contributed by atoms with E-state index >= 15 is 0 Å². The molecule has 1 amide bonds. The molecule has 1 N–H and O–H groups in total. The van der Waals surface area contributed by atoms with E-state index in [1.165, 1.54) is 24.3 Å². The Kier molecular flexibility index (Phi) is 7.41. The van der Waals surface area contributed by atoms with E-state index in [0.717, 1.165) is 5.56 Å². The maximum Gasteiger partial charge on any atom is 0.331 e. The molecule has 6 nitrogen and oxygen atoms in total. The van der Waals surface area contributed by atoms with Crippen molar-refractivity contribution in [3.05, 3.63) is 64.7 Å². The van der Waals surface area contributed by atoms with Crippen molar-refractivity contribution in [3.8, 4) is 11.8 Å². The highest BCUT2D eigenvalue weighted by molar-refractivity contribution is 6.32. The number of amides is 1. The molecule has 0 atom stereocenters. The quantitative estimate of drug-likeness (QED) is 0.579. The molecule has 0 heterocycles. The van der Waals surface area contributed by atoms with Crippen LogP contribution >= 0.6 is 11.6 Å². The molecule has 138 valence electrons. The molecule has 0 saturated carbocycles. The number of carbonyl (C=O) groups excluding carboxylic acids is 2. The number of para-hydroxylation sites is 1. The fourth-order valence-corrected chi connectivity index (χ4v) is 2.35. The second-order valence-corrected chi connectivity index (χ2v) is 5.67. The molecule has 0 unspecified atom stereocenters. The van der Waals surface area contributed by atoms with E-state index in [0.29, 0.717) is 23.6 Å². The second kappa shape index (κ2) is 10.00. The second-order valence-electron chi connectivity index (χ2n) is 5.27. The van der Waals surface area contributed by atoms with Crippen molar-refractivity contribution in [1.82, 2.24) is 0 Å². The summed E-state index contributed by atoms with van der Waals surface area (Å²) in [6.45, 7) is 1.93. The van der Waals surface area contributed by atoms with E-state index in [1.54, 1.807) is 18.2 Å². The Balaban J connectivity index is 1.87. The van der Waals surface area contributed by atoms with Gasteiger partial charge in [0, 0.05) is 17.3 Å². The summed E-state index contributed by atoms with van der Waals surface area (Å²) in [6.07, 6.45) is 2.79. The van der Waals surface area contributed by atoms with Crippen LogP contribution in [0.25, 0.3) is 6.08 Å². The van der Waals surface area contributed by atoms with Crippen LogP contribution in [-0.2, 0) is 14.3 Å². The third-order valence-corrected chi connectivity index (χ3v) is 3.65. The number of nitriles is 1. The van der Waals surface area contributed by atoms with E-state index in [1.807, 2.05) is 25.1 Å². The van der Waals surface area contributed by atoms with Gasteiger partial charge in [-0.05, 0) is 37.3 Å². The van der Waals surface area contributed by atoms with Gasteiger partial charge >= 0.3 is 5.97 Å². The lowest BCUT2D eigenvalue weighted by atomic mass is 10.2. The van der Waals surface area contributed by atoms with Gasteiger partial charge in [-0.3, -0.25) is 4.79 Å². The van der Waals surface area contributed by atoms with Crippen LogP contribution in [0.4, 0.5) is 5.69 Å². The summed E-state index contributed by atoms with van der Waals surface area (Å²) in [5.74, 6) is -0.527. The molecule has 0 aliphatic heterocycles. The van der Waals surface area contributed by atoms with Gasteiger partial charge in [0.15, 0.2) is 6.61 Å². The van der Waals surface area contributed by atoms with Gasteiger partial charge in [-0.2, -0.15) is 5.26 Å². The van der Waals surface area contributed by atoms with Crippen LogP contribution in [-0.4, -0.2) is 25.1 Å². The molecule has 0 spiro atoms. The van der Waals surface area contributed by atoms with E-state index < -0.39 is 18.5 Å². The zero-order valence-corrected chi connectivity index (χ0v) is 15.3. The first-order valence-corrected chi connectivity index (χ1v) is 8.47. The monoisotopic (exact) mass is 384 g/mol. The van der Waals surface area contributed by atoms with Crippen molar-refractivity contribution >= 4 is 35.2 Å². The van der Waals surface area contributed by atoms with Crippen LogP contribution in [0.1, 0.15) is 18.1 Å². The molecule has 0 aromatic heterocycles. The highest BCUT2D eigenvalue weighted by atomic mass is 35.5. The predicted molar refractivity (Wildman–Crippen MR) is 102 cm³/mol. The Morgan fingerprint density at radius 1 is 1.26 bits per heavy atom. The number of ether oxygens (including phenoxy) is 2. The van der Waals surface area contributed by atoms with Gasteiger partial charge in [-0.1, -0.05) is 29.8 Å². The number of rotatable bonds is 7. The SMILES string of the molecule is CCOc1ccccc1/C=C/C(=O)OCC(=O)Nc1ccc(C#N)c(Cl)c1. The minimum absolute atomic E-state index is 0.225. The largest absolute Gasteiger partial charge is 0.493 e. The highest BCUT2D eigenvalue weighted by Gasteiger charge is 2.08.